The fourth-order valence-corrected chi connectivity index (χ4v) is 4.25. The molecule has 3 unspecified atom stereocenters. The molecule has 5 heteroatoms. The largest absolute Gasteiger partial charge is 0.316 e. The van der Waals surface area contributed by atoms with Crippen molar-refractivity contribution in [3.05, 3.63) is 29.8 Å². The number of rotatable bonds is 3. The van der Waals surface area contributed by atoms with Gasteiger partial charge in [-0.05, 0) is 62.5 Å². The number of hydrogen-bond acceptors (Lipinski definition) is 4. The molecular formula is C16H24N2O2S. The second-order valence-corrected chi connectivity index (χ2v) is 8.49. The third kappa shape index (κ3) is 3.15. The lowest BCUT2D eigenvalue weighted by atomic mass is 9.87. The highest BCUT2D eigenvalue weighted by Crippen LogP contribution is 2.32. The minimum absolute atomic E-state index is 0.347. The molecule has 2 fully saturated rings. The van der Waals surface area contributed by atoms with Gasteiger partial charge in [-0.2, -0.15) is 0 Å². The third-order valence-electron chi connectivity index (χ3n) is 5.07. The lowest BCUT2D eigenvalue weighted by Gasteiger charge is -2.38. The van der Waals surface area contributed by atoms with Gasteiger partial charge in [-0.3, -0.25) is 4.90 Å². The molecule has 116 valence electrons. The number of benzene rings is 1. The Labute approximate surface area is 127 Å². The maximum Gasteiger partial charge on any atom is 0.175 e. The Morgan fingerprint density at radius 3 is 2.52 bits per heavy atom. The topological polar surface area (TPSA) is 49.4 Å². The Morgan fingerprint density at radius 1 is 1.19 bits per heavy atom. The van der Waals surface area contributed by atoms with Crippen LogP contribution in [0, 0.1) is 11.8 Å². The Morgan fingerprint density at radius 2 is 1.86 bits per heavy atom. The van der Waals surface area contributed by atoms with E-state index >= 15 is 0 Å². The molecule has 2 heterocycles. The van der Waals surface area contributed by atoms with Crippen LogP contribution in [0.4, 0.5) is 0 Å². The standard InChI is InChI=1S/C16H24N2O2S/c1-12(13-3-5-16(6-4-13)21(2,19)20)18-8-7-14-9-17-10-15(14)11-18/h3-6,12,14-15,17H,7-11H2,1-2H3. The molecule has 2 saturated heterocycles. The highest BCUT2D eigenvalue weighted by molar-refractivity contribution is 7.90. The van der Waals surface area contributed by atoms with Gasteiger partial charge in [0.1, 0.15) is 0 Å². The zero-order valence-corrected chi connectivity index (χ0v) is 13.6. The predicted molar refractivity (Wildman–Crippen MR) is 84.0 cm³/mol. The molecular weight excluding hydrogens is 284 g/mol. The quantitative estimate of drug-likeness (QED) is 0.923. The molecule has 1 N–H and O–H groups in total. The van der Waals surface area contributed by atoms with Crippen molar-refractivity contribution in [3.63, 3.8) is 0 Å². The van der Waals surface area contributed by atoms with Gasteiger partial charge in [-0.15, -0.1) is 0 Å². The average molecular weight is 308 g/mol. The first-order chi connectivity index (χ1) is 9.95. The maximum atomic E-state index is 11.5. The van der Waals surface area contributed by atoms with Crippen LogP contribution in [0.1, 0.15) is 24.9 Å². The van der Waals surface area contributed by atoms with Gasteiger partial charge < -0.3 is 5.32 Å². The molecule has 0 bridgehead atoms. The third-order valence-corrected chi connectivity index (χ3v) is 6.20. The highest BCUT2D eigenvalue weighted by atomic mass is 32.2. The van der Waals surface area contributed by atoms with E-state index in [-0.39, 0.29) is 0 Å². The van der Waals surface area contributed by atoms with Gasteiger partial charge in [-0.25, -0.2) is 8.42 Å². The van der Waals surface area contributed by atoms with Crippen LogP contribution < -0.4 is 5.32 Å². The molecule has 2 aliphatic heterocycles. The van der Waals surface area contributed by atoms with Crippen molar-refractivity contribution in [2.45, 2.75) is 24.3 Å². The van der Waals surface area contributed by atoms with Crippen molar-refractivity contribution in [1.29, 1.82) is 0 Å². The lowest BCUT2D eigenvalue weighted by molar-refractivity contribution is 0.111. The number of piperidine rings is 1. The number of fused-ring (bicyclic) bond motifs is 1. The summed E-state index contributed by atoms with van der Waals surface area (Å²) in [5.74, 6) is 1.62. The molecule has 1 aromatic carbocycles. The molecule has 0 amide bonds. The molecule has 0 aromatic heterocycles. The molecule has 3 atom stereocenters. The van der Waals surface area contributed by atoms with Crippen molar-refractivity contribution in [3.8, 4) is 0 Å². The van der Waals surface area contributed by atoms with Crippen molar-refractivity contribution in [2.75, 3.05) is 32.4 Å². The number of likely N-dealkylation sites (tertiary alicyclic amines) is 1. The molecule has 0 aliphatic carbocycles. The molecule has 21 heavy (non-hydrogen) atoms. The first-order valence-electron chi connectivity index (χ1n) is 7.70. The SMILES string of the molecule is CC(c1ccc(S(C)(=O)=O)cc1)N1CCC2CNCC2C1. The van der Waals surface area contributed by atoms with Crippen molar-refractivity contribution in [2.24, 2.45) is 11.8 Å². The second-order valence-electron chi connectivity index (χ2n) is 6.48. The van der Waals surface area contributed by atoms with Gasteiger partial charge in [0, 0.05) is 18.8 Å². The summed E-state index contributed by atoms with van der Waals surface area (Å²) in [4.78, 5) is 2.93. The summed E-state index contributed by atoms with van der Waals surface area (Å²) in [6.07, 6.45) is 2.52. The minimum Gasteiger partial charge on any atom is -0.316 e. The van der Waals surface area contributed by atoms with Crippen molar-refractivity contribution >= 4 is 9.84 Å². The van der Waals surface area contributed by atoms with Crippen LogP contribution in [-0.2, 0) is 9.84 Å². The zero-order valence-electron chi connectivity index (χ0n) is 12.7. The Hall–Kier alpha value is -0.910. The highest BCUT2D eigenvalue weighted by Gasteiger charge is 2.34. The van der Waals surface area contributed by atoms with E-state index in [1.165, 1.54) is 24.8 Å². The van der Waals surface area contributed by atoms with Gasteiger partial charge in [-0.1, -0.05) is 12.1 Å². The van der Waals surface area contributed by atoms with Gasteiger partial charge in [0.05, 0.1) is 4.90 Å². The first-order valence-corrected chi connectivity index (χ1v) is 9.59. The fraction of sp³-hybridized carbons (Fsp3) is 0.625. The van der Waals surface area contributed by atoms with Crippen LogP contribution >= 0.6 is 0 Å². The first kappa shape index (κ1) is 15.0. The summed E-state index contributed by atoms with van der Waals surface area (Å²) in [5.41, 5.74) is 1.20. The Balaban J connectivity index is 1.71. The number of nitrogens with one attached hydrogen (secondary N) is 1. The van der Waals surface area contributed by atoms with Gasteiger partial charge in [0.2, 0.25) is 0 Å². The van der Waals surface area contributed by atoms with Crippen LogP contribution in [0.25, 0.3) is 0 Å². The molecule has 4 nitrogen and oxygen atoms in total. The summed E-state index contributed by atoms with van der Waals surface area (Å²) >= 11 is 0. The number of hydrogen-bond donors (Lipinski definition) is 1. The van der Waals surface area contributed by atoms with E-state index in [1.807, 2.05) is 12.1 Å². The van der Waals surface area contributed by atoms with Crippen LogP contribution in [0.2, 0.25) is 0 Å². The molecule has 0 saturated carbocycles. The van der Waals surface area contributed by atoms with Gasteiger partial charge in [0.15, 0.2) is 9.84 Å². The second kappa shape index (κ2) is 5.71. The van der Waals surface area contributed by atoms with Crippen LogP contribution in [-0.4, -0.2) is 45.8 Å². The molecule has 3 rings (SSSR count). The zero-order chi connectivity index (χ0) is 15.0. The van der Waals surface area contributed by atoms with Crippen LogP contribution in [0.15, 0.2) is 29.2 Å². The van der Waals surface area contributed by atoms with Crippen LogP contribution in [0.3, 0.4) is 0 Å². The average Bonchev–Trinajstić information content (AvgIpc) is 2.93. The monoisotopic (exact) mass is 308 g/mol. The summed E-state index contributed by atoms with van der Waals surface area (Å²) in [6.45, 7) is 6.82. The van der Waals surface area contributed by atoms with E-state index < -0.39 is 9.84 Å². The smallest absolute Gasteiger partial charge is 0.175 e. The van der Waals surface area contributed by atoms with Gasteiger partial charge >= 0.3 is 0 Å². The lowest BCUT2D eigenvalue weighted by Crippen LogP contribution is -2.41. The Kier molecular flexibility index (Phi) is 4.08. The maximum absolute atomic E-state index is 11.5. The summed E-state index contributed by atoms with van der Waals surface area (Å²) in [7, 11) is -3.10. The van der Waals surface area contributed by atoms with E-state index in [0.717, 1.165) is 31.5 Å². The normalized spacial score (nSPS) is 28.3. The van der Waals surface area contributed by atoms with E-state index in [4.69, 9.17) is 0 Å². The van der Waals surface area contributed by atoms with E-state index in [1.54, 1.807) is 12.1 Å². The fourth-order valence-electron chi connectivity index (χ4n) is 3.62. The minimum atomic E-state index is -3.10. The van der Waals surface area contributed by atoms with Crippen LogP contribution in [0.5, 0.6) is 0 Å². The Bertz CT molecular complexity index is 597. The molecule has 0 spiro atoms. The number of sulfone groups is 1. The van der Waals surface area contributed by atoms with Gasteiger partial charge in [0.25, 0.3) is 0 Å². The molecule has 2 aliphatic rings. The van der Waals surface area contributed by atoms with E-state index in [2.05, 4.69) is 17.1 Å². The van der Waals surface area contributed by atoms with E-state index in [9.17, 15) is 8.42 Å². The van der Waals surface area contributed by atoms with E-state index in [0.29, 0.717) is 10.9 Å². The summed E-state index contributed by atoms with van der Waals surface area (Å²) in [5, 5.41) is 3.49. The summed E-state index contributed by atoms with van der Waals surface area (Å²) < 4.78 is 23.0. The summed E-state index contributed by atoms with van der Waals surface area (Å²) in [6, 6.07) is 7.72. The molecule has 0 radical (unpaired) electrons. The number of nitrogens with zero attached hydrogens (tertiary/aromatic N) is 1. The van der Waals surface area contributed by atoms with Crippen molar-refractivity contribution < 1.29 is 8.42 Å². The van der Waals surface area contributed by atoms with Crippen molar-refractivity contribution in [1.82, 2.24) is 10.2 Å². The molecule has 1 aromatic rings. The predicted octanol–water partition coefficient (Wildman–Crippen LogP) is 1.69.